The van der Waals surface area contributed by atoms with Crippen molar-refractivity contribution < 1.29 is 39.6 Å². The molecule has 0 unspecified atom stereocenters. The van der Waals surface area contributed by atoms with Gasteiger partial charge in [0.05, 0.1) is 5.56 Å². The molecule has 0 aliphatic heterocycles. The van der Waals surface area contributed by atoms with Gasteiger partial charge in [0.1, 0.15) is 0 Å². The molecule has 2 aromatic heterocycles. The first-order valence-corrected chi connectivity index (χ1v) is 5.80. The van der Waals surface area contributed by atoms with Gasteiger partial charge in [-0.1, -0.05) is 0 Å². The Morgan fingerprint density at radius 3 is 1.67 bits per heavy atom. The number of carboxylic acids is 4. The topological polar surface area (TPSA) is 201 Å². The lowest BCUT2D eigenvalue weighted by atomic mass is 10.3. The highest BCUT2D eigenvalue weighted by Crippen LogP contribution is 1.96. The van der Waals surface area contributed by atoms with E-state index in [-0.39, 0.29) is 11.3 Å². The molecule has 0 spiro atoms. The van der Waals surface area contributed by atoms with Gasteiger partial charge < -0.3 is 20.4 Å². The normalized spacial score (nSPS) is 9.33. The summed E-state index contributed by atoms with van der Waals surface area (Å²) in [4.78, 5) is 54.2. The zero-order valence-corrected chi connectivity index (χ0v) is 11.5. The Labute approximate surface area is 132 Å². The summed E-state index contributed by atoms with van der Waals surface area (Å²) in [7, 11) is 0. The molecule has 12 nitrogen and oxygen atoms in total. The highest BCUT2D eigenvalue weighted by atomic mass is 16.4. The molecule has 0 bridgehead atoms. The van der Waals surface area contributed by atoms with E-state index in [2.05, 4.69) is 19.9 Å². The SMILES string of the molecule is O=C(O)c1ccnc(C(=O)O)n1.O=C(O)c1cnc(C(=O)O)nc1. The lowest BCUT2D eigenvalue weighted by Crippen LogP contribution is -2.08. The van der Waals surface area contributed by atoms with Crippen LogP contribution in [0.5, 0.6) is 0 Å². The summed E-state index contributed by atoms with van der Waals surface area (Å²) in [5.41, 5.74) is -0.470. The Kier molecular flexibility index (Phi) is 5.94. The molecule has 12 heteroatoms. The van der Waals surface area contributed by atoms with Crippen LogP contribution in [0, 0.1) is 0 Å². The lowest BCUT2D eigenvalue weighted by Gasteiger charge is -1.93. The maximum atomic E-state index is 10.3. The van der Waals surface area contributed by atoms with Crippen molar-refractivity contribution in [2.45, 2.75) is 0 Å². The summed E-state index contributed by atoms with van der Waals surface area (Å²) in [6.45, 7) is 0. The van der Waals surface area contributed by atoms with E-state index in [1.165, 1.54) is 0 Å². The molecule has 0 aromatic carbocycles. The van der Waals surface area contributed by atoms with Crippen molar-refractivity contribution in [3.8, 4) is 0 Å². The quantitative estimate of drug-likeness (QED) is 0.570. The van der Waals surface area contributed by atoms with Gasteiger partial charge >= 0.3 is 23.9 Å². The number of hydrogen-bond acceptors (Lipinski definition) is 8. The van der Waals surface area contributed by atoms with Crippen LogP contribution in [0.4, 0.5) is 0 Å². The van der Waals surface area contributed by atoms with Gasteiger partial charge in [-0.2, -0.15) is 0 Å². The first-order chi connectivity index (χ1) is 11.2. The van der Waals surface area contributed by atoms with Crippen molar-refractivity contribution in [1.82, 2.24) is 19.9 Å². The number of aromatic nitrogens is 4. The number of nitrogens with zero attached hydrogens (tertiary/aromatic N) is 4. The second kappa shape index (κ2) is 7.88. The average Bonchev–Trinajstić information content (AvgIpc) is 2.55. The molecule has 2 heterocycles. The first kappa shape index (κ1) is 18.1. The van der Waals surface area contributed by atoms with E-state index in [1.807, 2.05) is 0 Å². The van der Waals surface area contributed by atoms with Crippen molar-refractivity contribution in [3.63, 3.8) is 0 Å². The van der Waals surface area contributed by atoms with Gasteiger partial charge in [-0.05, 0) is 6.07 Å². The van der Waals surface area contributed by atoms with E-state index in [4.69, 9.17) is 20.4 Å². The summed E-state index contributed by atoms with van der Waals surface area (Å²) in [6, 6.07) is 1.12. The van der Waals surface area contributed by atoms with Crippen molar-refractivity contribution in [1.29, 1.82) is 0 Å². The zero-order chi connectivity index (χ0) is 18.3. The number of rotatable bonds is 4. The van der Waals surface area contributed by atoms with Crippen LogP contribution in [0.2, 0.25) is 0 Å². The molecule has 0 atom stereocenters. The summed E-state index contributed by atoms with van der Waals surface area (Å²) in [5.74, 6) is -6.04. The van der Waals surface area contributed by atoms with Gasteiger partial charge in [0.15, 0.2) is 5.69 Å². The Hall–Kier alpha value is -3.96. The molecule has 4 N–H and O–H groups in total. The third kappa shape index (κ3) is 5.10. The van der Waals surface area contributed by atoms with Crippen LogP contribution in [-0.4, -0.2) is 64.2 Å². The van der Waals surface area contributed by atoms with Crippen LogP contribution in [0.1, 0.15) is 42.1 Å². The fourth-order valence-electron chi connectivity index (χ4n) is 1.13. The van der Waals surface area contributed by atoms with Gasteiger partial charge in [-0.15, -0.1) is 0 Å². The van der Waals surface area contributed by atoms with Crippen molar-refractivity contribution in [2.75, 3.05) is 0 Å². The Bertz CT molecular complexity index is 728. The molecule has 0 aliphatic carbocycles. The van der Waals surface area contributed by atoms with E-state index in [1.54, 1.807) is 0 Å². The number of carbonyl (C=O) groups is 4. The largest absolute Gasteiger partial charge is 0.478 e. The molecular weight excluding hydrogens is 328 g/mol. The number of hydrogen-bond donors (Lipinski definition) is 4. The average molecular weight is 336 g/mol. The number of aromatic carboxylic acids is 4. The van der Waals surface area contributed by atoms with E-state index in [0.29, 0.717) is 0 Å². The Morgan fingerprint density at radius 2 is 1.25 bits per heavy atom. The molecular formula is C12H8N4O8. The third-order valence-corrected chi connectivity index (χ3v) is 2.16. The molecule has 0 aliphatic rings. The van der Waals surface area contributed by atoms with Crippen LogP contribution in [-0.2, 0) is 0 Å². The van der Waals surface area contributed by atoms with Crippen molar-refractivity contribution in [3.05, 3.63) is 47.6 Å². The smallest absolute Gasteiger partial charge is 0.373 e. The Morgan fingerprint density at radius 1 is 0.708 bits per heavy atom. The molecule has 0 saturated carbocycles. The molecule has 2 aromatic rings. The lowest BCUT2D eigenvalue weighted by molar-refractivity contribution is 0.0666. The summed E-state index contributed by atoms with van der Waals surface area (Å²) in [6.07, 6.45) is 2.97. The molecule has 24 heavy (non-hydrogen) atoms. The minimum atomic E-state index is -1.35. The maximum Gasteiger partial charge on any atom is 0.373 e. The molecule has 0 radical (unpaired) electrons. The van der Waals surface area contributed by atoms with E-state index in [9.17, 15) is 19.2 Å². The van der Waals surface area contributed by atoms with Gasteiger partial charge in [0.25, 0.3) is 0 Å². The van der Waals surface area contributed by atoms with E-state index < -0.39 is 35.5 Å². The standard InChI is InChI=1S/2C6H4N2O4/c9-5(10)3-1-7-4(6(11)12)8-2-3;9-5(10)3-1-2-7-4(8-3)6(11)12/h2*1-2H,(H,9,10)(H,11,12). The predicted octanol–water partition coefficient (Wildman–Crippen LogP) is -0.254. The highest BCUT2D eigenvalue weighted by Gasteiger charge is 2.10. The van der Waals surface area contributed by atoms with Crippen LogP contribution < -0.4 is 0 Å². The van der Waals surface area contributed by atoms with E-state index in [0.717, 1.165) is 24.7 Å². The molecule has 124 valence electrons. The van der Waals surface area contributed by atoms with Crippen LogP contribution in [0.25, 0.3) is 0 Å². The van der Waals surface area contributed by atoms with E-state index >= 15 is 0 Å². The monoisotopic (exact) mass is 336 g/mol. The fraction of sp³-hybridized carbons (Fsp3) is 0. The van der Waals surface area contributed by atoms with Crippen LogP contribution >= 0.6 is 0 Å². The van der Waals surface area contributed by atoms with Crippen LogP contribution in [0.15, 0.2) is 24.7 Å². The predicted molar refractivity (Wildman–Crippen MR) is 71.9 cm³/mol. The van der Waals surface area contributed by atoms with Gasteiger partial charge in [0, 0.05) is 18.6 Å². The minimum absolute atomic E-state index is 0.139. The summed E-state index contributed by atoms with van der Waals surface area (Å²) >= 11 is 0. The fourth-order valence-corrected chi connectivity index (χ4v) is 1.13. The second-order valence-electron chi connectivity index (χ2n) is 3.78. The van der Waals surface area contributed by atoms with Gasteiger partial charge in [-0.25, -0.2) is 39.1 Å². The highest BCUT2D eigenvalue weighted by molar-refractivity contribution is 5.88. The third-order valence-electron chi connectivity index (χ3n) is 2.16. The van der Waals surface area contributed by atoms with Crippen molar-refractivity contribution >= 4 is 23.9 Å². The van der Waals surface area contributed by atoms with Gasteiger partial charge in [-0.3, -0.25) is 0 Å². The summed E-state index contributed by atoms with van der Waals surface area (Å²) in [5, 5.41) is 33.5. The second-order valence-corrected chi connectivity index (χ2v) is 3.78. The van der Waals surface area contributed by atoms with Crippen LogP contribution in [0.3, 0.4) is 0 Å². The Balaban J connectivity index is 0.000000240. The maximum absolute atomic E-state index is 10.3. The van der Waals surface area contributed by atoms with Crippen molar-refractivity contribution in [2.24, 2.45) is 0 Å². The molecule has 2 rings (SSSR count). The molecule has 0 amide bonds. The first-order valence-electron chi connectivity index (χ1n) is 5.80. The minimum Gasteiger partial charge on any atom is -0.478 e. The summed E-state index contributed by atoms with van der Waals surface area (Å²) < 4.78 is 0. The number of carboxylic acid groups (broad SMARTS) is 4. The van der Waals surface area contributed by atoms with Gasteiger partial charge in [0.2, 0.25) is 11.6 Å². The zero-order valence-electron chi connectivity index (χ0n) is 11.5. The molecule has 0 saturated heterocycles. The molecule has 0 fully saturated rings.